The zero-order chi connectivity index (χ0) is 15.1. The lowest BCUT2D eigenvalue weighted by atomic mass is 10.2. The van der Waals surface area contributed by atoms with Gasteiger partial charge in [0, 0.05) is 27.2 Å². The third-order valence-corrected chi connectivity index (χ3v) is 3.28. The van der Waals surface area contributed by atoms with E-state index in [2.05, 4.69) is 44.5 Å². The number of aliphatic imine (C=N–C) groups is 1. The standard InChI is InChI=1S/C15H22N6/c1-4-21-12-18-19-14(21)10-17-15(16-2)20(3)11-13-8-6-5-7-9-13/h5-9,12H,4,10-11H2,1-3H3,(H,16,17). The Kier molecular flexibility index (Phi) is 5.31. The predicted molar refractivity (Wildman–Crippen MR) is 83.8 cm³/mol. The molecule has 0 fully saturated rings. The largest absolute Gasteiger partial charge is 0.349 e. The van der Waals surface area contributed by atoms with Crippen molar-refractivity contribution in [3.63, 3.8) is 0 Å². The van der Waals surface area contributed by atoms with E-state index in [1.54, 1.807) is 13.4 Å². The van der Waals surface area contributed by atoms with Gasteiger partial charge in [0.25, 0.3) is 0 Å². The Labute approximate surface area is 125 Å². The van der Waals surface area contributed by atoms with Crippen molar-refractivity contribution >= 4 is 5.96 Å². The van der Waals surface area contributed by atoms with E-state index < -0.39 is 0 Å². The highest BCUT2D eigenvalue weighted by molar-refractivity contribution is 5.79. The minimum absolute atomic E-state index is 0.611. The molecule has 1 aromatic heterocycles. The van der Waals surface area contributed by atoms with Crippen molar-refractivity contribution in [1.82, 2.24) is 25.0 Å². The number of rotatable bonds is 5. The summed E-state index contributed by atoms with van der Waals surface area (Å²) in [7, 11) is 3.81. The van der Waals surface area contributed by atoms with Crippen molar-refractivity contribution in [3.8, 4) is 0 Å². The van der Waals surface area contributed by atoms with Crippen LogP contribution in [0.1, 0.15) is 18.3 Å². The number of benzene rings is 1. The van der Waals surface area contributed by atoms with Crippen LogP contribution in [0.15, 0.2) is 41.7 Å². The van der Waals surface area contributed by atoms with Crippen LogP contribution in [0.2, 0.25) is 0 Å². The highest BCUT2D eigenvalue weighted by Crippen LogP contribution is 2.03. The van der Waals surface area contributed by atoms with Gasteiger partial charge in [0.2, 0.25) is 0 Å². The molecule has 6 heteroatoms. The molecule has 0 atom stereocenters. The first-order valence-corrected chi connectivity index (χ1v) is 7.07. The van der Waals surface area contributed by atoms with Crippen LogP contribution in [0, 0.1) is 0 Å². The van der Waals surface area contributed by atoms with E-state index in [-0.39, 0.29) is 0 Å². The van der Waals surface area contributed by atoms with Crippen LogP contribution >= 0.6 is 0 Å². The van der Waals surface area contributed by atoms with Gasteiger partial charge < -0.3 is 14.8 Å². The second-order valence-electron chi connectivity index (χ2n) is 4.78. The summed E-state index contributed by atoms with van der Waals surface area (Å²) in [6.07, 6.45) is 1.74. The Morgan fingerprint density at radius 3 is 2.76 bits per heavy atom. The molecule has 1 aromatic carbocycles. The number of hydrogen-bond donors (Lipinski definition) is 1. The number of nitrogens with zero attached hydrogens (tertiary/aromatic N) is 5. The molecule has 0 saturated heterocycles. The van der Waals surface area contributed by atoms with Crippen LogP contribution < -0.4 is 5.32 Å². The SMILES string of the molecule is CCn1cnnc1CNC(=NC)N(C)Cc1ccccc1. The Balaban J connectivity index is 1.94. The summed E-state index contributed by atoms with van der Waals surface area (Å²) in [6, 6.07) is 10.3. The van der Waals surface area contributed by atoms with Gasteiger partial charge in [0.05, 0.1) is 6.54 Å². The molecule has 21 heavy (non-hydrogen) atoms. The minimum atomic E-state index is 0.611. The maximum absolute atomic E-state index is 4.31. The summed E-state index contributed by atoms with van der Waals surface area (Å²) in [6.45, 7) is 4.35. The van der Waals surface area contributed by atoms with Crippen LogP contribution in [-0.2, 0) is 19.6 Å². The molecule has 0 amide bonds. The Bertz CT molecular complexity index is 575. The number of guanidine groups is 1. The summed E-state index contributed by atoms with van der Waals surface area (Å²) < 4.78 is 2.01. The molecule has 0 spiro atoms. The van der Waals surface area contributed by atoms with Crippen molar-refractivity contribution in [2.75, 3.05) is 14.1 Å². The van der Waals surface area contributed by atoms with E-state index >= 15 is 0 Å². The lowest BCUT2D eigenvalue weighted by molar-refractivity contribution is 0.474. The van der Waals surface area contributed by atoms with E-state index in [4.69, 9.17) is 0 Å². The molecule has 0 aliphatic rings. The number of hydrogen-bond acceptors (Lipinski definition) is 3. The topological polar surface area (TPSA) is 58.3 Å². The average Bonchev–Trinajstić information content (AvgIpc) is 2.96. The van der Waals surface area contributed by atoms with Gasteiger partial charge in [-0.2, -0.15) is 0 Å². The van der Waals surface area contributed by atoms with Gasteiger partial charge in [-0.3, -0.25) is 4.99 Å². The molecule has 0 aliphatic heterocycles. The second-order valence-corrected chi connectivity index (χ2v) is 4.78. The molecule has 1 N–H and O–H groups in total. The maximum atomic E-state index is 4.31. The summed E-state index contributed by atoms with van der Waals surface area (Å²) in [5, 5.41) is 11.4. The highest BCUT2D eigenvalue weighted by Gasteiger charge is 2.08. The molecule has 2 aromatic rings. The summed E-state index contributed by atoms with van der Waals surface area (Å²) >= 11 is 0. The molecular weight excluding hydrogens is 264 g/mol. The Hall–Kier alpha value is -2.37. The Morgan fingerprint density at radius 1 is 1.33 bits per heavy atom. The fraction of sp³-hybridized carbons (Fsp3) is 0.400. The lowest BCUT2D eigenvalue weighted by Gasteiger charge is -2.22. The number of nitrogens with one attached hydrogen (secondary N) is 1. The van der Waals surface area contributed by atoms with Crippen LogP contribution in [-0.4, -0.2) is 39.7 Å². The monoisotopic (exact) mass is 286 g/mol. The van der Waals surface area contributed by atoms with Gasteiger partial charge in [0.1, 0.15) is 6.33 Å². The van der Waals surface area contributed by atoms with Gasteiger partial charge in [0.15, 0.2) is 11.8 Å². The molecule has 0 radical (unpaired) electrons. The molecule has 112 valence electrons. The quantitative estimate of drug-likeness (QED) is 0.668. The normalized spacial score (nSPS) is 11.5. The first-order chi connectivity index (χ1) is 10.2. The van der Waals surface area contributed by atoms with Crippen molar-refractivity contribution < 1.29 is 0 Å². The van der Waals surface area contributed by atoms with E-state index in [9.17, 15) is 0 Å². The molecule has 2 rings (SSSR count). The summed E-state index contributed by atoms with van der Waals surface area (Å²) in [5.74, 6) is 1.75. The van der Waals surface area contributed by atoms with Crippen LogP contribution in [0.4, 0.5) is 0 Å². The second kappa shape index (κ2) is 7.42. The van der Waals surface area contributed by atoms with E-state index in [0.29, 0.717) is 6.54 Å². The van der Waals surface area contributed by atoms with Crippen molar-refractivity contribution in [1.29, 1.82) is 0 Å². The fourth-order valence-electron chi connectivity index (χ4n) is 2.15. The number of aromatic nitrogens is 3. The zero-order valence-electron chi connectivity index (χ0n) is 12.8. The lowest BCUT2D eigenvalue weighted by Crippen LogP contribution is -2.38. The van der Waals surface area contributed by atoms with E-state index in [1.165, 1.54) is 5.56 Å². The first kappa shape index (κ1) is 15.0. The van der Waals surface area contributed by atoms with Gasteiger partial charge in [-0.15, -0.1) is 10.2 Å². The van der Waals surface area contributed by atoms with Crippen molar-refractivity contribution in [2.24, 2.45) is 4.99 Å². The van der Waals surface area contributed by atoms with Gasteiger partial charge in [-0.1, -0.05) is 30.3 Å². The first-order valence-electron chi connectivity index (χ1n) is 7.07. The van der Waals surface area contributed by atoms with Gasteiger partial charge in [-0.05, 0) is 12.5 Å². The zero-order valence-corrected chi connectivity index (χ0v) is 12.8. The van der Waals surface area contributed by atoms with Crippen LogP contribution in [0.25, 0.3) is 0 Å². The molecule has 0 aliphatic carbocycles. The van der Waals surface area contributed by atoms with E-state index in [1.807, 2.05) is 29.8 Å². The third kappa shape index (κ3) is 4.05. The molecule has 0 unspecified atom stereocenters. The Morgan fingerprint density at radius 2 is 2.10 bits per heavy atom. The molecule has 6 nitrogen and oxygen atoms in total. The highest BCUT2D eigenvalue weighted by atomic mass is 15.3. The number of aryl methyl sites for hydroxylation is 1. The van der Waals surface area contributed by atoms with Crippen LogP contribution in [0.5, 0.6) is 0 Å². The van der Waals surface area contributed by atoms with Crippen molar-refractivity contribution in [2.45, 2.75) is 26.6 Å². The maximum Gasteiger partial charge on any atom is 0.194 e. The van der Waals surface area contributed by atoms with Crippen LogP contribution in [0.3, 0.4) is 0 Å². The average molecular weight is 286 g/mol. The minimum Gasteiger partial charge on any atom is -0.349 e. The van der Waals surface area contributed by atoms with Gasteiger partial charge >= 0.3 is 0 Å². The molecule has 0 bridgehead atoms. The third-order valence-electron chi connectivity index (χ3n) is 3.28. The summed E-state index contributed by atoms with van der Waals surface area (Å²) in [5.41, 5.74) is 1.25. The van der Waals surface area contributed by atoms with Gasteiger partial charge in [-0.25, -0.2) is 0 Å². The molecular formula is C15H22N6. The van der Waals surface area contributed by atoms with E-state index in [0.717, 1.165) is 24.9 Å². The summed E-state index contributed by atoms with van der Waals surface area (Å²) in [4.78, 5) is 6.40. The fourth-order valence-corrected chi connectivity index (χ4v) is 2.15. The molecule has 0 saturated carbocycles. The molecule has 1 heterocycles. The van der Waals surface area contributed by atoms with Crippen molar-refractivity contribution in [3.05, 3.63) is 48.0 Å². The predicted octanol–water partition coefficient (Wildman–Crippen LogP) is 1.51. The smallest absolute Gasteiger partial charge is 0.194 e.